The van der Waals surface area contributed by atoms with Crippen molar-refractivity contribution in [2.45, 2.75) is 18.9 Å². The molecule has 0 saturated heterocycles. The molecule has 0 aliphatic carbocycles. The monoisotopic (exact) mass is 341 g/mol. The van der Waals surface area contributed by atoms with E-state index in [-0.39, 0.29) is 17.2 Å². The summed E-state index contributed by atoms with van der Waals surface area (Å²) in [5, 5.41) is 12.8. The third kappa shape index (κ3) is 3.54. The fourth-order valence-corrected chi connectivity index (χ4v) is 3.62. The molecule has 4 N–H and O–H groups in total. The second-order valence-corrected chi connectivity index (χ2v) is 7.02. The number of hydrogen-bond donors (Lipinski definition) is 3. The molecular weight excluding hydrogens is 322 g/mol. The fourth-order valence-electron chi connectivity index (χ4n) is 2.64. The van der Waals surface area contributed by atoms with E-state index < -0.39 is 0 Å². The molecule has 3 rings (SSSR count). The summed E-state index contributed by atoms with van der Waals surface area (Å²) >= 11 is 1.57. The summed E-state index contributed by atoms with van der Waals surface area (Å²) < 4.78 is 0. The van der Waals surface area contributed by atoms with Crippen molar-refractivity contribution in [3.05, 3.63) is 59.7 Å². The zero-order valence-corrected chi connectivity index (χ0v) is 14.1. The highest BCUT2D eigenvalue weighted by molar-refractivity contribution is 8.13. The van der Waals surface area contributed by atoms with Crippen LogP contribution in [0.3, 0.4) is 0 Å². The summed E-state index contributed by atoms with van der Waals surface area (Å²) in [5.74, 6) is 0.835. The van der Waals surface area contributed by atoms with Crippen molar-refractivity contribution in [3.63, 3.8) is 0 Å². The molecule has 24 heavy (non-hydrogen) atoms. The predicted octanol–water partition coefficient (Wildman–Crippen LogP) is 3.31. The molecule has 1 heterocycles. The minimum Gasteiger partial charge on any atom is -0.508 e. The largest absolute Gasteiger partial charge is 0.508 e. The number of phenols is 1. The third-order valence-corrected chi connectivity index (χ3v) is 4.86. The lowest BCUT2D eigenvalue weighted by molar-refractivity contribution is 0.102. The Kier molecular flexibility index (Phi) is 4.49. The van der Waals surface area contributed by atoms with Gasteiger partial charge in [0.15, 0.2) is 5.17 Å². The number of benzene rings is 2. The maximum atomic E-state index is 12.3. The van der Waals surface area contributed by atoms with E-state index in [4.69, 9.17) is 5.73 Å². The Hall–Kier alpha value is -2.47. The van der Waals surface area contributed by atoms with Gasteiger partial charge in [-0.15, -0.1) is 0 Å². The normalized spacial score (nSPS) is 20.3. The summed E-state index contributed by atoms with van der Waals surface area (Å²) in [6.45, 7) is 2.06. The number of anilines is 1. The molecule has 1 unspecified atom stereocenters. The number of nitrogens with zero attached hydrogens (tertiary/aromatic N) is 1. The van der Waals surface area contributed by atoms with Crippen molar-refractivity contribution in [1.29, 1.82) is 0 Å². The van der Waals surface area contributed by atoms with Crippen LogP contribution in [0.25, 0.3) is 0 Å². The highest BCUT2D eigenvalue weighted by atomic mass is 32.2. The number of aromatic hydroxyl groups is 1. The quantitative estimate of drug-likeness (QED) is 0.799. The molecule has 124 valence electrons. The summed E-state index contributed by atoms with van der Waals surface area (Å²) in [6.07, 6.45) is 0.897. The van der Waals surface area contributed by atoms with Crippen molar-refractivity contribution in [3.8, 4) is 5.75 Å². The third-order valence-electron chi connectivity index (χ3n) is 4.07. The molecule has 6 heteroatoms. The van der Waals surface area contributed by atoms with Crippen LogP contribution in [-0.4, -0.2) is 21.9 Å². The Morgan fingerprint density at radius 1 is 1.29 bits per heavy atom. The van der Waals surface area contributed by atoms with Gasteiger partial charge in [0.05, 0.1) is 5.54 Å². The van der Waals surface area contributed by atoms with Gasteiger partial charge in [-0.1, -0.05) is 23.9 Å². The zero-order valence-electron chi connectivity index (χ0n) is 13.3. The van der Waals surface area contributed by atoms with Crippen LogP contribution in [0.15, 0.2) is 53.5 Å². The number of thioether (sulfide) groups is 1. The lowest BCUT2D eigenvalue weighted by atomic mass is 9.89. The van der Waals surface area contributed by atoms with Crippen LogP contribution in [-0.2, 0) is 5.54 Å². The molecule has 2 aromatic carbocycles. The average Bonchev–Trinajstić information content (AvgIpc) is 2.55. The van der Waals surface area contributed by atoms with Crippen molar-refractivity contribution in [1.82, 2.24) is 0 Å². The maximum absolute atomic E-state index is 12.3. The Balaban J connectivity index is 1.82. The number of nitrogens with one attached hydrogen (secondary N) is 1. The van der Waals surface area contributed by atoms with Crippen LogP contribution in [0.5, 0.6) is 5.75 Å². The first-order chi connectivity index (χ1) is 11.5. The molecule has 0 saturated carbocycles. The maximum Gasteiger partial charge on any atom is 0.255 e. The van der Waals surface area contributed by atoms with E-state index in [1.807, 2.05) is 24.3 Å². The summed E-state index contributed by atoms with van der Waals surface area (Å²) in [6, 6.07) is 13.8. The first-order valence-electron chi connectivity index (χ1n) is 7.65. The van der Waals surface area contributed by atoms with Crippen molar-refractivity contribution >= 4 is 28.5 Å². The average molecular weight is 341 g/mol. The van der Waals surface area contributed by atoms with Crippen LogP contribution in [0.1, 0.15) is 29.3 Å². The van der Waals surface area contributed by atoms with Gasteiger partial charge in [-0.2, -0.15) is 0 Å². The molecule has 2 aromatic rings. The van der Waals surface area contributed by atoms with Gasteiger partial charge in [0.25, 0.3) is 5.91 Å². The Morgan fingerprint density at radius 2 is 2.04 bits per heavy atom. The van der Waals surface area contributed by atoms with E-state index in [9.17, 15) is 9.90 Å². The zero-order chi connectivity index (χ0) is 17.2. The number of carbonyl (C=O) groups is 1. The van der Waals surface area contributed by atoms with Crippen LogP contribution < -0.4 is 11.1 Å². The van der Waals surface area contributed by atoms with E-state index in [0.29, 0.717) is 16.4 Å². The van der Waals surface area contributed by atoms with Crippen molar-refractivity contribution in [2.75, 3.05) is 11.1 Å². The second-order valence-electron chi connectivity index (χ2n) is 5.90. The van der Waals surface area contributed by atoms with Crippen LogP contribution in [0.4, 0.5) is 5.69 Å². The first kappa shape index (κ1) is 16.4. The van der Waals surface area contributed by atoms with Gasteiger partial charge in [0, 0.05) is 17.0 Å². The van der Waals surface area contributed by atoms with Gasteiger partial charge < -0.3 is 16.2 Å². The number of amides is 1. The lowest BCUT2D eigenvalue weighted by Gasteiger charge is -2.30. The van der Waals surface area contributed by atoms with Gasteiger partial charge >= 0.3 is 0 Å². The number of aliphatic imine (C=N–C) groups is 1. The number of nitrogens with two attached hydrogens (primary N) is 1. The summed E-state index contributed by atoms with van der Waals surface area (Å²) in [4.78, 5) is 16.9. The highest BCUT2D eigenvalue weighted by Gasteiger charge is 2.29. The number of rotatable bonds is 3. The standard InChI is InChI=1S/C18H19N3O2S/c1-18(9-10-24-17(19)21-18)13-3-2-4-14(11-13)20-16(23)12-5-7-15(22)8-6-12/h2-8,11,22H,9-10H2,1H3,(H2,19,21)(H,20,23). The van der Waals surface area contributed by atoms with Crippen molar-refractivity contribution < 1.29 is 9.90 Å². The molecule has 5 nitrogen and oxygen atoms in total. The van der Waals surface area contributed by atoms with E-state index in [2.05, 4.69) is 17.2 Å². The molecule has 0 radical (unpaired) electrons. The molecule has 1 aliphatic heterocycles. The summed E-state index contributed by atoms with van der Waals surface area (Å²) in [7, 11) is 0. The molecular formula is C18H19N3O2S. The molecule has 0 aromatic heterocycles. The highest BCUT2D eigenvalue weighted by Crippen LogP contribution is 2.35. The Labute approximate surface area is 145 Å². The molecule has 1 amide bonds. The first-order valence-corrected chi connectivity index (χ1v) is 8.64. The van der Waals surface area contributed by atoms with Crippen LogP contribution >= 0.6 is 11.8 Å². The fraction of sp³-hybridized carbons (Fsp3) is 0.222. The van der Waals surface area contributed by atoms with E-state index >= 15 is 0 Å². The Bertz CT molecular complexity index is 789. The van der Waals surface area contributed by atoms with Gasteiger partial charge in [-0.05, 0) is 55.3 Å². The number of phenolic OH excluding ortho intramolecular Hbond substituents is 1. The lowest BCUT2D eigenvalue weighted by Crippen LogP contribution is -2.28. The molecule has 1 atom stereocenters. The number of carbonyl (C=O) groups excluding carboxylic acids is 1. The van der Waals surface area contributed by atoms with Gasteiger partial charge in [-0.3, -0.25) is 9.79 Å². The topological polar surface area (TPSA) is 87.7 Å². The molecule has 0 bridgehead atoms. The number of hydrogen-bond acceptors (Lipinski definition) is 5. The predicted molar refractivity (Wildman–Crippen MR) is 98.6 cm³/mol. The van der Waals surface area contributed by atoms with E-state index in [1.54, 1.807) is 23.9 Å². The van der Waals surface area contributed by atoms with Crippen LogP contribution in [0, 0.1) is 0 Å². The SMILES string of the molecule is CC1(c2cccc(NC(=O)c3ccc(O)cc3)c2)CCSC(N)=N1. The summed E-state index contributed by atoms with van der Waals surface area (Å²) in [5.41, 5.74) is 7.73. The molecule has 1 aliphatic rings. The van der Waals surface area contributed by atoms with Gasteiger partial charge in [0.2, 0.25) is 0 Å². The smallest absolute Gasteiger partial charge is 0.255 e. The van der Waals surface area contributed by atoms with E-state index in [0.717, 1.165) is 17.7 Å². The molecule has 0 spiro atoms. The van der Waals surface area contributed by atoms with E-state index in [1.165, 1.54) is 12.1 Å². The number of amidine groups is 1. The Morgan fingerprint density at radius 3 is 2.75 bits per heavy atom. The van der Waals surface area contributed by atoms with Crippen LogP contribution in [0.2, 0.25) is 0 Å². The van der Waals surface area contributed by atoms with Gasteiger partial charge in [0.1, 0.15) is 5.75 Å². The van der Waals surface area contributed by atoms with Crippen molar-refractivity contribution in [2.24, 2.45) is 10.7 Å². The second kappa shape index (κ2) is 6.57. The minimum atomic E-state index is -0.366. The minimum absolute atomic E-state index is 0.132. The van der Waals surface area contributed by atoms with Gasteiger partial charge in [-0.25, -0.2) is 0 Å². The molecule has 0 fully saturated rings.